The molecule has 0 aromatic heterocycles. The Labute approximate surface area is 241 Å². The summed E-state index contributed by atoms with van der Waals surface area (Å²) in [5.41, 5.74) is 11.9. The molecule has 14 heteroatoms. The maximum atomic E-state index is 13.6. The molecule has 10 N–H and O–H groups in total. The van der Waals surface area contributed by atoms with Crippen LogP contribution in [0.25, 0.3) is 0 Å². The maximum Gasteiger partial charge on any atom is 0.255 e. The van der Waals surface area contributed by atoms with Crippen molar-refractivity contribution in [3.05, 3.63) is 59.2 Å². The molecule has 4 atom stereocenters. The van der Waals surface area contributed by atoms with Crippen molar-refractivity contribution in [1.82, 2.24) is 20.9 Å². The SMILES string of the molecule is CC1(C)CCOc2c(C(=O)NC3CN4C(N)=N[C@@H](CNC(=O)c5ccc(O)cc5)C5N=C(N)NC54C3(O)O)cccc21. The molecule has 6 rings (SSSR count). The van der Waals surface area contributed by atoms with E-state index in [1.54, 1.807) is 12.1 Å². The Morgan fingerprint density at radius 3 is 2.60 bits per heavy atom. The van der Waals surface area contributed by atoms with E-state index in [1.165, 1.54) is 29.2 Å². The van der Waals surface area contributed by atoms with E-state index in [-0.39, 0.29) is 41.7 Å². The first kappa shape index (κ1) is 27.6. The van der Waals surface area contributed by atoms with Crippen LogP contribution in [0.3, 0.4) is 0 Å². The number of nitrogens with two attached hydrogens (primary N) is 2. The fourth-order valence-electron chi connectivity index (χ4n) is 6.35. The van der Waals surface area contributed by atoms with Gasteiger partial charge in [0.05, 0.1) is 18.2 Å². The fraction of sp³-hybridized carbons (Fsp3) is 0.429. The number of carbonyl (C=O) groups is 2. The third-order valence-corrected chi connectivity index (χ3v) is 8.67. The summed E-state index contributed by atoms with van der Waals surface area (Å²) in [6.45, 7) is 4.44. The number of hydrogen-bond acceptors (Lipinski definition) is 12. The van der Waals surface area contributed by atoms with Crippen LogP contribution >= 0.6 is 0 Å². The number of amides is 2. The number of phenols is 1. The quantitative estimate of drug-likeness (QED) is 0.195. The van der Waals surface area contributed by atoms with Gasteiger partial charge in [-0.25, -0.2) is 9.98 Å². The first-order valence-corrected chi connectivity index (χ1v) is 13.7. The predicted octanol–water partition coefficient (Wildman–Crippen LogP) is -1.34. The molecule has 2 aromatic carbocycles. The van der Waals surface area contributed by atoms with Gasteiger partial charge in [-0.2, -0.15) is 0 Å². The second kappa shape index (κ2) is 9.49. The van der Waals surface area contributed by atoms with Crippen molar-refractivity contribution in [2.45, 2.75) is 55.3 Å². The fourth-order valence-corrected chi connectivity index (χ4v) is 6.35. The Hall–Kier alpha value is -4.56. The van der Waals surface area contributed by atoms with Crippen LogP contribution in [-0.4, -0.2) is 93.2 Å². The Kier molecular flexibility index (Phi) is 6.24. The number of aromatic hydroxyl groups is 1. The zero-order chi connectivity index (χ0) is 30.0. The number of carbonyl (C=O) groups excluding carboxylic acids is 2. The lowest BCUT2D eigenvalue weighted by molar-refractivity contribution is -0.230. The number of nitrogens with zero attached hydrogens (tertiary/aromatic N) is 3. The highest BCUT2D eigenvalue weighted by Crippen LogP contribution is 2.45. The number of aliphatic hydroxyl groups is 2. The third kappa shape index (κ3) is 4.09. The van der Waals surface area contributed by atoms with E-state index in [9.17, 15) is 24.9 Å². The maximum absolute atomic E-state index is 13.6. The molecule has 14 nitrogen and oxygen atoms in total. The largest absolute Gasteiger partial charge is 0.508 e. The average Bonchev–Trinajstić information content (AvgIpc) is 3.41. The van der Waals surface area contributed by atoms with E-state index in [4.69, 9.17) is 16.2 Å². The predicted molar refractivity (Wildman–Crippen MR) is 152 cm³/mol. The highest BCUT2D eigenvalue weighted by molar-refractivity contribution is 5.98. The number of hydrogen-bond donors (Lipinski definition) is 8. The Morgan fingerprint density at radius 1 is 1.12 bits per heavy atom. The van der Waals surface area contributed by atoms with Crippen molar-refractivity contribution < 1.29 is 29.6 Å². The van der Waals surface area contributed by atoms with Crippen molar-refractivity contribution in [3.8, 4) is 11.5 Å². The van der Waals surface area contributed by atoms with E-state index in [0.29, 0.717) is 17.9 Å². The minimum absolute atomic E-state index is 0.0219. The molecule has 3 unspecified atom stereocenters. The van der Waals surface area contributed by atoms with Crippen molar-refractivity contribution in [2.24, 2.45) is 21.5 Å². The van der Waals surface area contributed by atoms with Gasteiger partial charge in [-0.15, -0.1) is 0 Å². The lowest BCUT2D eigenvalue weighted by atomic mass is 9.79. The Morgan fingerprint density at radius 2 is 1.86 bits per heavy atom. The lowest BCUT2D eigenvalue weighted by Crippen LogP contribution is -2.78. The molecule has 42 heavy (non-hydrogen) atoms. The molecule has 0 radical (unpaired) electrons. The minimum atomic E-state index is -2.63. The summed E-state index contributed by atoms with van der Waals surface area (Å²) in [7, 11) is 0. The number of nitrogens with one attached hydrogen (secondary N) is 3. The number of guanidine groups is 2. The molecule has 2 aromatic rings. The monoisotopic (exact) mass is 578 g/mol. The van der Waals surface area contributed by atoms with E-state index < -0.39 is 41.4 Å². The van der Waals surface area contributed by atoms with Gasteiger partial charge in [0, 0.05) is 24.2 Å². The smallest absolute Gasteiger partial charge is 0.255 e. The van der Waals surface area contributed by atoms with Crippen LogP contribution < -0.4 is 32.2 Å². The van der Waals surface area contributed by atoms with E-state index in [0.717, 1.165) is 12.0 Å². The summed E-state index contributed by atoms with van der Waals surface area (Å²) < 4.78 is 5.89. The van der Waals surface area contributed by atoms with Gasteiger partial charge in [0.15, 0.2) is 17.6 Å². The Balaban J connectivity index is 1.26. The van der Waals surface area contributed by atoms with Crippen LogP contribution in [0.1, 0.15) is 46.5 Å². The summed E-state index contributed by atoms with van der Waals surface area (Å²) in [5, 5.41) is 41.3. The van der Waals surface area contributed by atoms with Crippen LogP contribution in [0.15, 0.2) is 52.4 Å². The molecule has 0 saturated carbocycles. The number of aliphatic imine (C=N–C) groups is 2. The highest BCUT2D eigenvalue weighted by Gasteiger charge is 2.73. The topological polar surface area (TPSA) is 220 Å². The van der Waals surface area contributed by atoms with Crippen LogP contribution in [0, 0.1) is 0 Å². The zero-order valence-corrected chi connectivity index (χ0v) is 23.2. The van der Waals surface area contributed by atoms with Gasteiger partial charge in [-0.3, -0.25) is 9.59 Å². The number of benzene rings is 2. The van der Waals surface area contributed by atoms with Crippen molar-refractivity contribution >= 4 is 23.7 Å². The van der Waals surface area contributed by atoms with Crippen LogP contribution in [0.2, 0.25) is 0 Å². The summed E-state index contributed by atoms with van der Waals surface area (Å²) in [5.74, 6) is -3.24. The van der Waals surface area contributed by atoms with Crippen LogP contribution in [-0.2, 0) is 5.41 Å². The first-order chi connectivity index (χ1) is 19.8. The molecular formula is C28H34N8O6. The standard InChI is InChI=1S/C28H34N8O6/c1-26(2)10-11-42-20-16(4-3-5-17(20)26)23(39)33-19-13-36-25(30)32-18(12-31-22(38)14-6-8-15(37)9-7-14)21-27(36,28(19,40)41)35-24(29)34-21/h3-9,18-19,21,37,40-41H,10-13H2,1-2H3,(H2,30,32)(H,31,38)(H,33,39)(H3,29,34,35)/t18-,19?,21?,27?/m0/s1. The van der Waals surface area contributed by atoms with Gasteiger partial charge in [-0.1, -0.05) is 26.0 Å². The molecule has 1 saturated heterocycles. The van der Waals surface area contributed by atoms with Gasteiger partial charge in [-0.05, 0) is 42.2 Å². The van der Waals surface area contributed by atoms with Gasteiger partial charge in [0.25, 0.3) is 11.8 Å². The van der Waals surface area contributed by atoms with Crippen molar-refractivity contribution in [2.75, 3.05) is 19.7 Å². The molecule has 4 heterocycles. The summed E-state index contributed by atoms with van der Waals surface area (Å²) in [4.78, 5) is 36.6. The molecule has 1 fully saturated rings. The van der Waals surface area contributed by atoms with E-state index in [1.807, 2.05) is 6.07 Å². The van der Waals surface area contributed by atoms with Crippen molar-refractivity contribution in [1.29, 1.82) is 0 Å². The average molecular weight is 579 g/mol. The number of fused-ring (bicyclic) bond motifs is 1. The zero-order valence-electron chi connectivity index (χ0n) is 23.2. The van der Waals surface area contributed by atoms with Crippen LogP contribution in [0.5, 0.6) is 11.5 Å². The molecule has 2 amide bonds. The van der Waals surface area contributed by atoms with Gasteiger partial charge >= 0.3 is 0 Å². The molecule has 4 aliphatic rings. The van der Waals surface area contributed by atoms with E-state index >= 15 is 0 Å². The summed E-state index contributed by atoms with van der Waals surface area (Å²) in [6.07, 6.45) is 0.797. The normalized spacial score (nSPS) is 28.2. The summed E-state index contributed by atoms with van der Waals surface area (Å²) >= 11 is 0. The number of phenolic OH excluding ortho intramolecular Hbond substituents is 1. The van der Waals surface area contributed by atoms with Crippen molar-refractivity contribution in [3.63, 3.8) is 0 Å². The summed E-state index contributed by atoms with van der Waals surface area (Å²) in [6, 6.07) is 7.97. The van der Waals surface area contributed by atoms with Gasteiger partial charge in [0.2, 0.25) is 5.79 Å². The first-order valence-electron chi connectivity index (χ1n) is 13.7. The van der Waals surface area contributed by atoms with E-state index in [2.05, 4.69) is 39.8 Å². The lowest BCUT2D eigenvalue weighted by Gasteiger charge is -2.49. The van der Waals surface area contributed by atoms with Crippen LogP contribution in [0.4, 0.5) is 0 Å². The Bertz CT molecular complexity index is 1510. The number of para-hydroxylation sites is 1. The molecule has 222 valence electrons. The molecular weight excluding hydrogens is 544 g/mol. The minimum Gasteiger partial charge on any atom is -0.508 e. The highest BCUT2D eigenvalue weighted by atomic mass is 16.5. The number of rotatable bonds is 5. The third-order valence-electron chi connectivity index (χ3n) is 8.67. The second-order valence-electron chi connectivity index (χ2n) is 11.7. The molecule has 1 spiro atoms. The molecule has 4 aliphatic heterocycles. The van der Waals surface area contributed by atoms with Gasteiger partial charge in [0.1, 0.15) is 23.6 Å². The molecule has 0 bridgehead atoms. The molecule has 0 aliphatic carbocycles. The second-order valence-corrected chi connectivity index (χ2v) is 11.7. The number of ether oxygens (including phenoxy) is 1. The van der Waals surface area contributed by atoms with Gasteiger partial charge < -0.3 is 52.4 Å².